The number of piperidine rings is 1. The molecule has 2 N–H and O–H groups in total. The summed E-state index contributed by atoms with van der Waals surface area (Å²) in [5, 5.41) is 17.4. The molecule has 3 atom stereocenters. The molecule has 1 amide bonds. The van der Waals surface area contributed by atoms with E-state index in [0.29, 0.717) is 17.4 Å². The molecule has 0 saturated carbocycles. The van der Waals surface area contributed by atoms with Crippen LogP contribution < -0.4 is 0 Å². The number of fused-ring (bicyclic) bond motifs is 1. The minimum absolute atomic E-state index is 0.0758. The van der Waals surface area contributed by atoms with Gasteiger partial charge >= 0.3 is 0 Å². The molecule has 0 spiro atoms. The SMILES string of the molecule is CC(O)C1C(=O)N2C([C]=O)=C(SC3CCN(C=N)CC3)C[C@H]12. The highest BCUT2D eigenvalue weighted by Gasteiger charge is 2.55. The third-order valence-corrected chi connectivity index (χ3v) is 6.20. The third-order valence-electron chi connectivity index (χ3n) is 4.75. The first-order chi connectivity index (χ1) is 10.6. The van der Waals surface area contributed by atoms with Crippen molar-refractivity contribution in [2.75, 3.05) is 13.1 Å². The van der Waals surface area contributed by atoms with Crippen LogP contribution >= 0.6 is 11.8 Å². The van der Waals surface area contributed by atoms with Crippen molar-refractivity contribution in [2.45, 2.75) is 43.6 Å². The fourth-order valence-corrected chi connectivity index (χ4v) is 4.91. The molecule has 2 saturated heterocycles. The molecular formula is C15H20N3O3S. The van der Waals surface area contributed by atoms with E-state index in [1.807, 2.05) is 11.2 Å². The maximum Gasteiger partial charge on any atom is 0.252 e. The summed E-state index contributed by atoms with van der Waals surface area (Å²) in [5.41, 5.74) is 0.381. The molecule has 0 bridgehead atoms. The monoisotopic (exact) mass is 322 g/mol. The number of carbonyl (C=O) groups excluding carboxylic acids is 2. The molecule has 3 aliphatic rings. The lowest BCUT2D eigenvalue weighted by Crippen LogP contribution is -2.61. The fraction of sp³-hybridized carbons (Fsp3) is 0.667. The summed E-state index contributed by atoms with van der Waals surface area (Å²) in [4.78, 5) is 27.8. The summed E-state index contributed by atoms with van der Waals surface area (Å²) in [6, 6.07) is -0.0758. The molecule has 3 aliphatic heterocycles. The molecule has 6 nitrogen and oxygen atoms in total. The normalized spacial score (nSPS) is 30.2. The Bertz CT molecular complexity index is 526. The van der Waals surface area contributed by atoms with Gasteiger partial charge in [0.25, 0.3) is 6.29 Å². The summed E-state index contributed by atoms with van der Waals surface area (Å²) in [5.74, 6) is -0.547. The van der Waals surface area contributed by atoms with Gasteiger partial charge < -0.3 is 14.9 Å². The van der Waals surface area contributed by atoms with Crippen molar-refractivity contribution in [3.05, 3.63) is 10.6 Å². The van der Waals surface area contributed by atoms with Gasteiger partial charge in [0.05, 0.1) is 24.4 Å². The first-order valence-electron chi connectivity index (χ1n) is 7.60. The van der Waals surface area contributed by atoms with Gasteiger partial charge in [-0.2, -0.15) is 0 Å². The zero-order chi connectivity index (χ0) is 15.9. The van der Waals surface area contributed by atoms with E-state index in [9.17, 15) is 14.7 Å². The molecule has 0 aromatic heterocycles. The number of hydrogen-bond donors (Lipinski definition) is 2. The lowest BCUT2D eigenvalue weighted by atomic mass is 9.83. The van der Waals surface area contributed by atoms with E-state index in [1.54, 1.807) is 18.7 Å². The standard InChI is InChI=1S/C15H20N3O3S/c1-9(20)14-11-6-13(12(7-19)18(11)15(14)21)22-10-2-4-17(8-16)5-3-10/h8-11,14,16,20H,2-6H2,1H3/t9?,11-,14?/m1/s1. The number of amides is 1. The van der Waals surface area contributed by atoms with Crippen LogP contribution in [0, 0.1) is 11.3 Å². The Labute approximate surface area is 134 Å². The second-order valence-corrected chi connectivity index (χ2v) is 7.50. The van der Waals surface area contributed by atoms with Gasteiger partial charge in [0.15, 0.2) is 0 Å². The van der Waals surface area contributed by atoms with Crippen LogP contribution in [0.2, 0.25) is 0 Å². The number of hydrogen-bond acceptors (Lipinski definition) is 5. The molecule has 0 aromatic carbocycles. The number of thioether (sulfide) groups is 1. The minimum atomic E-state index is -0.679. The van der Waals surface area contributed by atoms with Gasteiger partial charge in [-0.1, -0.05) is 0 Å². The Morgan fingerprint density at radius 3 is 2.68 bits per heavy atom. The Kier molecular flexibility index (Phi) is 4.27. The highest BCUT2D eigenvalue weighted by Crippen LogP contribution is 2.48. The maximum atomic E-state index is 12.1. The average Bonchev–Trinajstić information content (AvgIpc) is 2.81. The zero-order valence-electron chi connectivity index (χ0n) is 12.5. The summed E-state index contributed by atoms with van der Waals surface area (Å²) in [7, 11) is 0. The van der Waals surface area contributed by atoms with Gasteiger partial charge in [-0.3, -0.25) is 15.0 Å². The summed E-state index contributed by atoms with van der Waals surface area (Å²) in [6.07, 6.45) is 5.21. The van der Waals surface area contributed by atoms with Crippen molar-refractivity contribution >= 4 is 30.3 Å². The molecule has 3 rings (SSSR count). The minimum Gasteiger partial charge on any atom is -0.393 e. The molecule has 1 radical (unpaired) electrons. The summed E-state index contributed by atoms with van der Waals surface area (Å²) < 4.78 is 0. The predicted molar refractivity (Wildman–Crippen MR) is 84.1 cm³/mol. The van der Waals surface area contributed by atoms with Crippen molar-refractivity contribution in [1.29, 1.82) is 5.41 Å². The van der Waals surface area contributed by atoms with Crippen molar-refractivity contribution < 1.29 is 14.7 Å². The molecule has 2 fully saturated rings. The summed E-state index contributed by atoms with van der Waals surface area (Å²) >= 11 is 1.68. The molecule has 0 aliphatic carbocycles. The van der Waals surface area contributed by atoms with E-state index in [-0.39, 0.29) is 17.9 Å². The van der Waals surface area contributed by atoms with Crippen molar-refractivity contribution in [1.82, 2.24) is 9.80 Å². The molecule has 2 unspecified atom stereocenters. The van der Waals surface area contributed by atoms with Gasteiger partial charge in [0.2, 0.25) is 5.91 Å². The van der Waals surface area contributed by atoms with E-state index in [2.05, 4.69) is 0 Å². The van der Waals surface area contributed by atoms with Crippen molar-refractivity contribution in [3.63, 3.8) is 0 Å². The van der Waals surface area contributed by atoms with E-state index in [1.165, 1.54) is 11.2 Å². The zero-order valence-corrected chi connectivity index (χ0v) is 13.3. The van der Waals surface area contributed by atoms with Crippen LogP contribution in [0.5, 0.6) is 0 Å². The Morgan fingerprint density at radius 2 is 2.14 bits per heavy atom. The van der Waals surface area contributed by atoms with E-state index in [4.69, 9.17) is 5.41 Å². The lowest BCUT2D eigenvalue weighted by molar-refractivity contribution is -0.156. The highest BCUT2D eigenvalue weighted by molar-refractivity contribution is 8.03. The molecule has 119 valence electrons. The van der Waals surface area contributed by atoms with Gasteiger partial charge in [-0.25, -0.2) is 0 Å². The Balaban J connectivity index is 1.67. The van der Waals surface area contributed by atoms with E-state index < -0.39 is 6.10 Å². The largest absolute Gasteiger partial charge is 0.393 e. The van der Waals surface area contributed by atoms with Gasteiger partial charge in [0, 0.05) is 29.7 Å². The van der Waals surface area contributed by atoms with Gasteiger partial charge in [-0.15, -0.1) is 11.8 Å². The Hall–Kier alpha value is -1.34. The van der Waals surface area contributed by atoms with Crippen LogP contribution in [0.3, 0.4) is 0 Å². The number of carbonyl (C=O) groups is 1. The predicted octanol–water partition coefficient (Wildman–Crippen LogP) is 0.724. The maximum absolute atomic E-state index is 12.1. The average molecular weight is 322 g/mol. The number of aliphatic hydroxyl groups excluding tert-OH is 1. The highest BCUT2D eigenvalue weighted by atomic mass is 32.2. The molecule has 3 heterocycles. The first-order valence-corrected chi connectivity index (χ1v) is 8.48. The summed E-state index contributed by atoms with van der Waals surface area (Å²) in [6.45, 7) is 3.34. The van der Waals surface area contributed by atoms with Crippen molar-refractivity contribution in [3.8, 4) is 0 Å². The van der Waals surface area contributed by atoms with Crippen LogP contribution in [0.25, 0.3) is 0 Å². The van der Waals surface area contributed by atoms with E-state index in [0.717, 1.165) is 30.8 Å². The van der Waals surface area contributed by atoms with Crippen molar-refractivity contribution in [2.24, 2.45) is 5.92 Å². The quantitative estimate of drug-likeness (QED) is 0.443. The topological polar surface area (TPSA) is 84.7 Å². The smallest absolute Gasteiger partial charge is 0.252 e. The van der Waals surface area contributed by atoms with Crippen LogP contribution in [-0.4, -0.2) is 63.9 Å². The number of β-lactam (4-membered cyclic amide) rings is 1. The molecule has 22 heavy (non-hydrogen) atoms. The third kappa shape index (κ3) is 2.46. The molecular weight excluding hydrogens is 302 g/mol. The Morgan fingerprint density at radius 1 is 1.45 bits per heavy atom. The van der Waals surface area contributed by atoms with Gasteiger partial charge in [-0.05, 0) is 19.8 Å². The number of allylic oxidation sites excluding steroid dienone is 1. The number of nitrogens with zero attached hydrogens (tertiary/aromatic N) is 2. The van der Waals surface area contributed by atoms with Crippen LogP contribution in [0.15, 0.2) is 10.6 Å². The fourth-order valence-electron chi connectivity index (χ4n) is 3.54. The second-order valence-electron chi connectivity index (χ2n) is 6.10. The van der Waals surface area contributed by atoms with E-state index >= 15 is 0 Å². The number of aliphatic hydroxyl groups is 1. The number of rotatable bonds is 5. The second kappa shape index (κ2) is 6.04. The molecule has 7 heteroatoms. The van der Waals surface area contributed by atoms with Gasteiger partial charge in [0.1, 0.15) is 5.70 Å². The lowest BCUT2D eigenvalue weighted by Gasteiger charge is -2.44. The number of likely N-dealkylation sites (tertiary alicyclic amines) is 1. The van der Waals surface area contributed by atoms with Crippen LogP contribution in [-0.2, 0) is 9.59 Å². The molecule has 0 aromatic rings. The first kappa shape index (κ1) is 15.6. The number of nitrogens with one attached hydrogen (secondary N) is 1. The van der Waals surface area contributed by atoms with Crippen LogP contribution in [0.4, 0.5) is 0 Å². The van der Waals surface area contributed by atoms with Crippen LogP contribution in [0.1, 0.15) is 26.2 Å².